The Morgan fingerprint density at radius 1 is 1.11 bits per heavy atom. The van der Waals surface area contributed by atoms with E-state index in [1.807, 2.05) is 12.1 Å². The standard InChI is InChI=1S/C17H20O2/c1-19-16-14(12-17(18)10-4-5-11-17)9-8-13-6-2-3-7-15(13)16/h2-3,6-9,18H,4-5,10-12H2,1H3. The van der Waals surface area contributed by atoms with E-state index in [4.69, 9.17) is 4.74 Å². The second-order valence-corrected chi connectivity index (χ2v) is 5.59. The first-order chi connectivity index (χ1) is 9.22. The van der Waals surface area contributed by atoms with Gasteiger partial charge < -0.3 is 9.84 Å². The van der Waals surface area contributed by atoms with Crippen LogP contribution >= 0.6 is 0 Å². The Morgan fingerprint density at radius 3 is 2.58 bits per heavy atom. The van der Waals surface area contributed by atoms with Gasteiger partial charge in [0.25, 0.3) is 0 Å². The van der Waals surface area contributed by atoms with E-state index in [1.165, 1.54) is 5.39 Å². The van der Waals surface area contributed by atoms with Crippen LogP contribution in [0, 0.1) is 0 Å². The van der Waals surface area contributed by atoms with E-state index >= 15 is 0 Å². The van der Waals surface area contributed by atoms with E-state index in [1.54, 1.807) is 7.11 Å². The Balaban J connectivity index is 2.03. The molecule has 0 unspecified atom stereocenters. The average molecular weight is 256 g/mol. The summed E-state index contributed by atoms with van der Waals surface area (Å²) in [5, 5.41) is 12.9. The summed E-state index contributed by atoms with van der Waals surface area (Å²) in [5.74, 6) is 0.915. The van der Waals surface area contributed by atoms with Crippen molar-refractivity contribution in [3.63, 3.8) is 0 Å². The van der Waals surface area contributed by atoms with Gasteiger partial charge in [0.15, 0.2) is 0 Å². The van der Waals surface area contributed by atoms with Crippen molar-refractivity contribution >= 4 is 10.8 Å². The van der Waals surface area contributed by atoms with Gasteiger partial charge >= 0.3 is 0 Å². The zero-order valence-corrected chi connectivity index (χ0v) is 11.4. The van der Waals surface area contributed by atoms with E-state index in [0.29, 0.717) is 6.42 Å². The van der Waals surface area contributed by atoms with Gasteiger partial charge in [0.05, 0.1) is 12.7 Å². The van der Waals surface area contributed by atoms with Crippen molar-refractivity contribution in [3.05, 3.63) is 42.0 Å². The molecule has 1 fully saturated rings. The highest BCUT2D eigenvalue weighted by Gasteiger charge is 2.32. The maximum atomic E-state index is 10.6. The van der Waals surface area contributed by atoms with Crippen LogP contribution < -0.4 is 4.74 Å². The highest BCUT2D eigenvalue weighted by Crippen LogP contribution is 2.37. The maximum absolute atomic E-state index is 10.6. The normalized spacial score (nSPS) is 17.8. The van der Waals surface area contributed by atoms with E-state index in [0.717, 1.165) is 42.4 Å². The van der Waals surface area contributed by atoms with Crippen molar-refractivity contribution < 1.29 is 9.84 Å². The monoisotopic (exact) mass is 256 g/mol. The molecule has 0 aromatic heterocycles. The van der Waals surface area contributed by atoms with Crippen LogP contribution in [0.1, 0.15) is 31.2 Å². The van der Waals surface area contributed by atoms with Crippen LogP contribution in [0.4, 0.5) is 0 Å². The largest absolute Gasteiger partial charge is 0.496 e. The van der Waals surface area contributed by atoms with Gasteiger partial charge in [-0.1, -0.05) is 49.2 Å². The molecule has 2 nitrogen and oxygen atoms in total. The molecule has 0 radical (unpaired) electrons. The first-order valence-electron chi connectivity index (χ1n) is 6.99. The second-order valence-electron chi connectivity index (χ2n) is 5.59. The highest BCUT2D eigenvalue weighted by atomic mass is 16.5. The first kappa shape index (κ1) is 12.5. The third kappa shape index (κ3) is 2.33. The number of hydrogen-bond donors (Lipinski definition) is 1. The number of ether oxygens (including phenoxy) is 1. The molecule has 0 atom stereocenters. The quantitative estimate of drug-likeness (QED) is 0.907. The summed E-state index contributed by atoms with van der Waals surface area (Å²) >= 11 is 0. The Hall–Kier alpha value is -1.54. The topological polar surface area (TPSA) is 29.5 Å². The highest BCUT2D eigenvalue weighted by molar-refractivity contribution is 5.89. The predicted molar refractivity (Wildman–Crippen MR) is 77.6 cm³/mol. The summed E-state index contributed by atoms with van der Waals surface area (Å²) in [4.78, 5) is 0. The fourth-order valence-corrected chi connectivity index (χ4v) is 3.23. The van der Waals surface area contributed by atoms with Gasteiger partial charge in [0, 0.05) is 11.8 Å². The van der Waals surface area contributed by atoms with Crippen LogP contribution in [0.5, 0.6) is 5.75 Å². The summed E-state index contributed by atoms with van der Waals surface area (Å²) in [7, 11) is 1.71. The van der Waals surface area contributed by atoms with Crippen LogP contribution in [0.3, 0.4) is 0 Å². The van der Waals surface area contributed by atoms with Gasteiger partial charge in [-0.15, -0.1) is 0 Å². The van der Waals surface area contributed by atoms with Crippen molar-refractivity contribution in [3.8, 4) is 5.75 Å². The van der Waals surface area contributed by atoms with Gasteiger partial charge in [0.2, 0.25) is 0 Å². The molecular weight excluding hydrogens is 236 g/mol. The smallest absolute Gasteiger partial charge is 0.129 e. The average Bonchev–Trinajstić information content (AvgIpc) is 2.85. The van der Waals surface area contributed by atoms with E-state index in [-0.39, 0.29) is 0 Å². The van der Waals surface area contributed by atoms with Gasteiger partial charge in [-0.05, 0) is 23.8 Å². The lowest BCUT2D eigenvalue weighted by atomic mass is 9.91. The Labute approximate surface area is 114 Å². The van der Waals surface area contributed by atoms with Crippen molar-refractivity contribution in [2.24, 2.45) is 0 Å². The minimum Gasteiger partial charge on any atom is -0.496 e. The molecule has 2 aromatic carbocycles. The molecule has 0 spiro atoms. The molecule has 0 aliphatic heterocycles. The lowest BCUT2D eigenvalue weighted by molar-refractivity contribution is 0.0476. The SMILES string of the molecule is COc1c(CC2(O)CCCC2)ccc2ccccc12. The predicted octanol–water partition coefficient (Wildman–Crippen LogP) is 3.70. The van der Waals surface area contributed by atoms with Crippen LogP contribution in [-0.4, -0.2) is 17.8 Å². The van der Waals surface area contributed by atoms with E-state index in [9.17, 15) is 5.11 Å². The third-order valence-corrected chi connectivity index (χ3v) is 4.22. The van der Waals surface area contributed by atoms with Gasteiger partial charge in [0.1, 0.15) is 5.75 Å². The van der Waals surface area contributed by atoms with Gasteiger partial charge in [-0.25, -0.2) is 0 Å². The van der Waals surface area contributed by atoms with Gasteiger partial charge in [-0.2, -0.15) is 0 Å². The summed E-state index contributed by atoms with van der Waals surface area (Å²) in [6, 6.07) is 12.4. The molecule has 0 amide bonds. The van der Waals surface area contributed by atoms with Crippen LogP contribution in [0.25, 0.3) is 10.8 Å². The Kier molecular flexibility index (Phi) is 3.19. The molecule has 3 rings (SSSR count). The summed E-state index contributed by atoms with van der Waals surface area (Å²) in [6.45, 7) is 0. The van der Waals surface area contributed by atoms with Crippen molar-refractivity contribution in [2.75, 3.05) is 7.11 Å². The number of aliphatic hydroxyl groups is 1. The molecule has 2 heteroatoms. The summed E-state index contributed by atoms with van der Waals surface area (Å²) < 4.78 is 5.60. The number of methoxy groups -OCH3 is 1. The molecule has 1 aliphatic carbocycles. The van der Waals surface area contributed by atoms with Crippen molar-refractivity contribution in [2.45, 2.75) is 37.7 Å². The van der Waals surface area contributed by atoms with Crippen molar-refractivity contribution in [1.82, 2.24) is 0 Å². The molecule has 0 bridgehead atoms. The van der Waals surface area contributed by atoms with Gasteiger partial charge in [-0.3, -0.25) is 0 Å². The number of hydrogen-bond acceptors (Lipinski definition) is 2. The molecule has 0 saturated heterocycles. The lowest BCUT2D eigenvalue weighted by Crippen LogP contribution is -2.27. The van der Waals surface area contributed by atoms with Crippen molar-refractivity contribution in [1.29, 1.82) is 0 Å². The zero-order valence-electron chi connectivity index (χ0n) is 11.4. The maximum Gasteiger partial charge on any atom is 0.129 e. The molecule has 1 N–H and O–H groups in total. The number of fused-ring (bicyclic) bond motifs is 1. The number of benzene rings is 2. The van der Waals surface area contributed by atoms with Crippen LogP contribution in [0.15, 0.2) is 36.4 Å². The Morgan fingerprint density at radius 2 is 1.84 bits per heavy atom. The minimum absolute atomic E-state index is 0.532. The molecular formula is C17H20O2. The lowest BCUT2D eigenvalue weighted by Gasteiger charge is -2.23. The molecule has 19 heavy (non-hydrogen) atoms. The fraction of sp³-hybridized carbons (Fsp3) is 0.412. The molecule has 0 heterocycles. The number of rotatable bonds is 3. The minimum atomic E-state index is -0.532. The first-order valence-corrected chi connectivity index (χ1v) is 6.99. The third-order valence-electron chi connectivity index (χ3n) is 4.22. The van der Waals surface area contributed by atoms with E-state index < -0.39 is 5.60 Å². The molecule has 1 aliphatic rings. The summed E-state index contributed by atoms with van der Waals surface area (Å²) in [5.41, 5.74) is 0.584. The molecule has 100 valence electrons. The second kappa shape index (κ2) is 4.86. The van der Waals surface area contributed by atoms with Crippen LogP contribution in [0.2, 0.25) is 0 Å². The molecule has 2 aromatic rings. The zero-order chi connectivity index (χ0) is 13.3. The fourth-order valence-electron chi connectivity index (χ4n) is 3.23. The van der Waals surface area contributed by atoms with E-state index in [2.05, 4.69) is 24.3 Å². The Bertz CT molecular complexity index is 583. The molecule has 1 saturated carbocycles. The summed E-state index contributed by atoms with van der Waals surface area (Å²) in [6.07, 6.45) is 4.77. The van der Waals surface area contributed by atoms with Crippen LogP contribution in [-0.2, 0) is 6.42 Å².